The predicted molar refractivity (Wildman–Crippen MR) is 91.5 cm³/mol. The average Bonchev–Trinajstić information content (AvgIpc) is 2.58. The van der Waals surface area contributed by atoms with Crippen LogP contribution in [0.15, 0.2) is 4.40 Å². The molecule has 1 unspecified atom stereocenters. The maximum absolute atomic E-state index is 12.1. The van der Waals surface area contributed by atoms with Crippen LogP contribution in [-0.4, -0.2) is 45.2 Å². The topological polar surface area (TPSA) is 65.0 Å². The molecular weight excluding hydrogens is 300 g/mol. The second-order valence-electron chi connectivity index (χ2n) is 7.77. The standard InChI is InChI=1S/C16H30N2O3S/c1-15(2,3)21-14(19)18-10-7-8-13(9-11-18)12-17-22(20)16(4,5)6/h12-13H,7-11H2,1-6H3/t13-,22?/m1/s1. The Balaban J connectivity index is 2.52. The highest BCUT2D eigenvalue weighted by Gasteiger charge is 2.27. The summed E-state index contributed by atoms with van der Waals surface area (Å²) in [6, 6.07) is 0. The number of amides is 1. The minimum atomic E-state index is -1.21. The minimum Gasteiger partial charge on any atom is -0.591 e. The van der Waals surface area contributed by atoms with Gasteiger partial charge in [0.15, 0.2) is 0 Å². The zero-order chi connectivity index (χ0) is 17.0. The smallest absolute Gasteiger partial charge is 0.410 e. The van der Waals surface area contributed by atoms with E-state index < -0.39 is 17.0 Å². The first-order valence-corrected chi connectivity index (χ1v) is 9.04. The summed E-state index contributed by atoms with van der Waals surface area (Å²) >= 11 is -1.21. The lowest BCUT2D eigenvalue weighted by Gasteiger charge is -2.26. The molecule has 0 N–H and O–H groups in total. The van der Waals surface area contributed by atoms with Crippen LogP contribution in [0.3, 0.4) is 0 Å². The van der Waals surface area contributed by atoms with Crippen molar-refractivity contribution in [1.82, 2.24) is 4.90 Å². The van der Waals surface area contributed by atoms with E-state index in [1.165, 1.54) is 0 Å². The van der Waals surface area contributed by atoms with E-state index in [9.17, 15) is 9.35 Å². The first kappa shape index (κ1) is 19.3. The van der Waals surface area contributed by atoms with Crippen molar-refractivity contribution < 1.29 is 14.1 Å². The summed E-state index contributed by atoms with van der Waals surface area (Å²) in [7, 11) is 0. The van der Waals surface area contributed by atoms with Gasteiger partial charge in [-0.15, -0.1) is 0 Å². The molecule has 2 atom stereocenters. The zero-order valence-electron chi connectivity index (χ0n) is 14.7. The number of hydrogen-bond acceptors (Lipinski definition) is 4. The van der Waals surface area contributed by atoms with E-state index in [0.29, 0.717) is 13.1 Å². The summed E-state index contributed by atoms with van der Waals surface area (Å²) in [6.45, 7) is 12.7. The van der Waals surface area contributed by atoms with Gasteiger partial charge in [-0.3, -0.25) is 0 Å². The fraction of sp³-hybridized carbons (Fsp3) is 0.875. The fourth-order valence-corrected chi connectivity index (χ4v) is 2.68. The SMILES string of the molecule is CC(C)(C)OC(=O)N1CCC[C@@H](C=N[S+]([O-])C(C)(C)C)CC1. The minimum absolute atomic E-state index is 0.247. The number of hydrogen-bond donors (Lipinski definition) is 0. The van der Waals surface area contributed by atoms with Crippen molar-refractivity contribution in [3.8, 4) is 0 Å². The molecule has 1 fully saturated rings. The molecule has 0 aromatic rings. The van der Waals surface area contributed by atoms with Crippen molar-refractivity contribution in [2.75, 3.05) is 13.1 Å². The Kier molecular flexibility index (Phi) is 6.74. The van der Waals surface area contributed by atoms with Gasteiger partial charge in [0.25, 0.3) is 0 Å². The first-order valence-electron chi connectivity index (χ1n) is 7.93. The van der Waals surface area contributed by atoms with Gasteiger partial charge in [-0.05, 0) is 60.8 Å². The molecule has 1 heterocycles. The van der Waals surface area contributed by atoms with Crippen molar-refractivity contribution in [2.45, 2.75) is 71.2 Å². The van der Waals surface area contributed by atoms with Crippen LogP contribution in [0.4, 0.5) is 4.79 Å². The second kappa shape index (κ2) is 7.68. The van der Waals surface area contributed by atoms with E-state index in [0.717, 1.165) is 19.3 Å². The number of likely N-dealkylation sites (tertiary alicyclic amines) is 1. The Morgan fingerprint density at radius 1 is 1.23 bits per heavy atom. The molecule has 0 aromatic heterocycles. The molecular formula is C16H30N2O3S. The molecule has 0 radical (unpaired) electrons. The third-order valence-electron chi connectivity index (χ3n) is 3.32. The van der Waals surface area contributed by atoms with E-state index in [1.807, 2.05) is 47.8 Å². The Labute approximate surface area is 137 Å². The van der Waals surface area contributed by atoms with Gasteiger partial charge in [0.1, 0.15) is 21.7 Å². The lowest BCUT2D eigenvalue weighted by Crippen LogP contribution is -2.37. The zero-order valence-corrected chi connectivity index (χ0v) is 15.5. The average molecular weight is 330 g/mol. The number of carbonyl (C=O) groups is 1. The van der Waals surface area contributed by atoms with Crippen molar-refractivity contribution >= 4 is 23.7 Å². The van der Waals surface area contributed by atoms with Crippen LogP contribution < -0.4 is 0 Å². The van der Waals surface area contributed by atoms with Crippen molar-refractivity contribution in [3.63, 3.8) is 0 Å². The van der Waals surface area contributed by atoms with Crippen molar-refractivity contribution in [1.29, 1.82) is 0 Å². The Bertz CT molecular complexity index is 399. The lowest BCUT2D eigenvalue weighted by atomic mass is 10.0. The molecule has 0 aliphatic carbocycles. The largest absolute Gasteiger partial charge is 0.591 e. The van der Waals surface area contributed by atoms with Crippen molar-refractivity contribution in [2.24, 2.45) is 10.3 Å². The number of rotatable bonds is 2. The quantitative estimate of drug-likeness (QED) is 0.574. The van der Waals surface area contributed by atoms with Gasteiger partial charge in [0.2, 0.25) is 0 Å². The molecule has 1 aliphatic rings. The number of carbonyl (C=O) groups excluding carboxylic acids is 1. The van der Waals surface area contributed by atoms with Crippen LogP contribution in [0, 0.1) is 5.92 Å². The van der Waals surface area contributed by atoms with Gasteiger partial charge in [-0.2, -0.15) is 0 Å². The van der Waals surface area contributed by atoms with Gasteiger partial charge >= 0.3 is 6.09 Å². The molecule has 5 nitrogen and oxygen atoms in total. The summed E-state index contributed by atoms with van der Waals surface area (Å²) < 4.78 is 21.2. The third-order valence-corrected chi connectivity index (χ3v) is 4.68. The lowest BCUT2D eigenvalue weighted by molar-refractivity contribution is 0.0256. The summed E-state index contributed by atoms with van der Waals surface area (Å²) in [5.74, 6) is 0.277. The van der Waals surface area contributed by atoms with Gasteiger partial charge < -0.3 is 14.2 Å². The Morgan fingerprint density at radius 2 is 1.86 bits per heavy atom. The normalized spacial score (nSPS) is 22.5. The molecule has 22 heavy (non-hydrogen) atoms. The molecule has 128 valence electrons. The highest BCUT2D eigenvalue weighted by molar-refractivity contribution is 7.91. The van der Waals surface area contributed by atoms with Crippen LogP contribution in [0.1, 0.15) is 60.8 Å². The second-order valence-corrected chi connectivity index (χ2v) is 9.71. The molecule has 0 saturated carbocycles. The summed E-state index contributed by atoms with van der Waals surface area (Å²) in [5, 5.41) is 0. The maximum Gasteiger partial charge on any atom is 0.410 e. The highest BCUT2D eigenvalue weighted by Crippen LogP contribution is 2.21. The summed E-state index contributed by atoms with van der Waals surface area (Å²) in [6.07, 6.45) is 4.29. The number of nitrogens with zero attached hydrogens (tertiary/aromatic N) is 2. The highest BCUT2D eigenvalue weighted by atomic mass is 32.2. The fourth-order valence-electron chi connectivity index (χ4n) is 2.08. The van der Waals surface area contributed by atoms with E-state index >= 15 is 0 Å². The molecule has 6 heteroatoms. The molecule has 0 bridgehead atoms. The van der Waals surface area contributed by atoms with Crippen LogP contribution in [0.5, 0.6) is 0 Å². The van der Waals surface area contributed by atoms with Gasteiger partial charge in [-0.25, -0.2) is 4.79 Å². The Hall–Kier alpha value is -0.750. The van der Waals surface area contributed by atoms with E-state index in [4.69, 9.17) is 4.74 Å². The third kappa shape index (κ3) is 7.01. The predicted octanol–water partition coefficient (Wildman–Crippen LogP) is 3.56. The molecule has 1 amide bonds. The van der Waals surface area contributed by atoms with Crippen LogP contribution >= 0.6 is 0 Å². The van der Waals surface area contributed by atoms with Crippen molar-refractivity contribution in [3.05, 3.63) is 0 Å². The Morgan fingerprint density at radius 3 is 2.41 bits per heavy atom. The van der Waals surface area contributed by atoms with Gasteiger partial charge in [0.05, 0.1) is 6.21 Å². The molecule has 1 rings (SSSR count). The monoisotopic (exact) mass is 330 g/mol. The molecule has 1 aliphatic heterocycles. The number of ether oxygens (including phenoxy) is 1. The molecule has 1 saturated heterocycles. The first-order chi connectivity index (χ1) is 9.99. The van der Waals surface area contributed by atoms with E-state index in [-0.39, 0.29) is 16.8 Å². The van der Waals surface area contributed by atoms with Crippen LogP contribution in [0.2, 0.25) is 0 Å². The maximum atomic E-state index is 12.1. The summed E-state index contributed by atoms with van der Waals surface area (Å²) in [5.41, 5.74) is -0.464. The van der Waals surface area contributed by atoms with Crippen LogP contribution in [0.25, 0.3) is 0 Å². The molecule has 0 spiro atoms. The van der Waals surface area contributed by atoms with Crippen LogP contribution in [-0.2, 0) is 16.1 Å². The van der Waals surface area contributed by atoms with E-state index in [2.05, 4.69) is 4.40 Å². The summed E-state index contributed by atoms with van der Waals surface area (Å²) in [4.78, 5) is 13.9. The van der Waals surface area contributed by atoms with Gasteiger partial charge in [-0.1, -0.05) is 4.40 Å². The van der Waals surface area contributed by atoms with E-state index in [1.54, 1.807) is 4.90 Å². The van der Waals surface area contributed by atoms with Gasteiger partial charge in [0, 0.05) is 19.0 Å². The molecule has 0 aromatic carbocycles.